The third-order valence-corrected chi connectivity index (χ3v) is 3.18. The van der Waals surface area contributed by atoms with Crippen LogP contribution in [0.15, 0.2) is 41.5 Å². The van der Waals surface area contributed by atoms with Crippen LogP contribution in [-0.4, -0.2) is 33.0 Å². The lowest BCUT2D eigenvalue weighted by Gasteiger charge is -1.97. The molecule has 23 heavy (non-hydrogen) atoms. The van der Waals surface area contributed by atoms with Gasteiger partial charge in [-0.3, -0.25) is 10.3 Å². The number of aliphatic imine (C=N–C) groups is 1. The Balaban J connectivity index is 1.89. The first-order valence-electron chi connectivity index (χ1n) is 6.73. The van der Waals surface area contributed by atoms with E-state index in [1.54, 1.807) is 10.7 Å². The molecule has 1 aromatic carbocycles. The van der Waals surface area contributed by atoms with Crippen LogP contribution in [0.1, 0.15) is 11.3 Å². The van der Waals surface area contributed by atoms with E-state index in [2.05, 4.69) is 30.4 Å². The number of hydrogen-bond acceptors (Lipinski definition) is 5. The van der Waals surface area contributed by atoms with Crippen LogP contribution in [0.4, 0.5) is 5.95 Å². The Bertz CT molecular complexity index is 856. The topological polar surface area (TPSA) is 76.7 Å². The molecule has 8 heteroatoms. The minimum absolute atomic E-state index is 0.286. The molecule has 0 saturated carbocycles. The van der Waals surface area contributed by atoms with Gasteiger partial charge in [0.1, 0.15) is 6.34 Å². The second kappa shape index (κ2) is 6.99. The molecule has 1 N–H and O–H groups in total. The molecule has 3 rings (SSSR count). The third kappa shape index (κ3) is 3.71. The Labute approximate surface area is 137 Å². The van der Waals surface area contributed by atoms with Crippen molar-refractivity contribution in [2.24, 2.45) is 4.99 Å². The van der Waals surface area contributed by atoms with E-state index in [1.165, 1.54) is 13.4 Å². The molecule has 0 unspecified atom stereocenters. The lowest BCUT2D eigenvalue weighted by Crippen LogP contribution is -2.07. The van der Waals surface area contributed by atoms with Gasteiger partial charge in [0.25, 0.3) is 11.7 Å². The first kappa shape index (κ1) is 15.1. The van der Waals surface area contributed by atoms with Crippen molar-refractivity contribution >= 4 is 41.8 Å². The highest BCUT2D eigenvalue weighted by atomic mass is 35.5. The van der Waals surface area contributed by atoms with Crippen LogP contribution in [0.5, 0.6) is 0 Å². The Kier molecular flexibility index (Phi) is 4.60. The molecular formula is C15H13ClN6O. The molecule has 7 nitrogen and oxygen atoms in total. The monoisotopic (exact) mass is 328 g/mol. The van der Waals surface area contributed by atoms with Crippen molar-refractivity contribution in [2.75, 3.05) is 7.11 Å². The van der Waals surface area contributed by atoms with E-state index in [0.717, 1.165) is 11.3 Å². The molecule has 0 aliphatic heterocycles. The fraction of sp³-hybridized carbons (Fsp3) is 0.0667. The number of hydroxylamine groups is 1. The Morgan fingerprint density at radius 2 is 2.04 bits per heavy atom. The van der Waals surface area contributed by atoms with Crippen molar-refractivity contribution < 1.29 is 4.84 Å². The van der Waals surface area contributed by atoms with Crippen LogP contribution in [-0.2, 0) is 4.84 Å². The molecule has 0 aliphatic rings. The minimum Gasteiger partial charge on any atom is -0.279 e. The fourth-order valence-corrected chi connectivity index (χ4v) is 2.00. The average Bonchev–Trinajstić information content (AvgIpc) is 2.98. The summed E-state index contributed by atoms with van der Waals surface area (Å²) in [5.41, 5.74) is 4.34. The summed E-state index contributed by atoms with van der Waals surface area (Å²) in [6, 6.07) is 9.40. The van der Waals surface area contributed by atoms with Crippen LogP contribution in [0.25, 0.3) is 17.9 Å². The first-order chi connectivity index (χ1) is 11.3. The van der Waals surface area contributed by atoms with Crippen molar-refractivity contribution in [3.8, 4) is 0 Å². The van der Waals surface area contributed by atoms with Crippen LogP contribution < -0.4 is 5.48 Å². The van der Waals surface area contributed by atoms with Gasteiger partial charge in [0.05, 0.1) is 12.8 Å². The third-order valence-electron chi connectivity index (χ3n) is 2.93. The summed E-state index contributed by atoms with van der Waals surface area (Å²) in [7, 11) is 1.49. The molecule has 0 atom stereocenters. The number of fused-ring (bicyclic) bond motifs is 1. The second-order valence-corrected chi connectivity index (χ2v) is 4.89. The lowest BCUT2D eigenvalue weighted by molar-refractivity contribution is 0.148. The zero-order valence-electron chi connectivity index (χ0n) is 12.2. The van der Waals surface area contributed by atoms with Gasteiger partial charge in [-0.2, -0.15) is 14.5 Å². The predicted molar refractivity (Wildman–Crippen MR) is 89.5 cm³/mol. The lowest BCUT2D eigenvalue weighted by atomic mass is 10.2. The van der Waals surface area contributed by atoms with Gasteiger partial charge in [0.15, 0.2) is 0 Å². The number of aromatic nitrogens is 4. The van der Waals surface area contributed by atoms with E-state index in [9.17, 15) is 0 Å². The van der Waals surface area contributed by atoms with E-state index >= 15 is 0 Å². The highest BCUT2D eigenvalue weighted by Gasteiger charge is 2.05. The maximum atomic E-state index is 5.88. The first-order valence-corrected chi connectivity index (χ1v) is 7.10. The van der Waals surface area contributed by atoms with Gasteiger partial charge < -0.3 is 0 Å². The molecule has 0 amide bonds. The summed E-state index contributed by atoms with van der Waals surface area (Å²) in [4.78, 5) is 17.1. The van der Waals surface area contributed by atoms with Gasteiger partial charge in [0.2, 0.25) is 0 Å². The van der Waals surface area contributed by atoms with Gasteiger partial charge in [-0.25, -0.2) is 4.98 Å². The van der Waals surface area contributed by atoms with E-state index in [-0.39, 0.29) is 5.95 Å². The normalized spacial score (nSPS) is 11.7. The molecule has 0 saturated heterocycles. The zero-order valence-corrected chi connectivity index (χ0v) is 13.0. The highest BCUT2D eigenvalue weighted by Crippen LogP contribution is 2.14. The van der Waals surface area contributed by atoms with Crippen molar-refractivity contribution in [3.05, 3.63) is 52.8 Å². The molecule has 0 bridgehead atoms. The largest absolute Gasteiger partial charge is 0.279 e. The molecule has 0 aliphatic carbocycles. The van der Waals surface area contributed by atoms with Gasteiger partial charge in [0, 0.05) is 11.2 Å². The summed E-state index contributed by atoms with van der Waals surface area (Å²) in [6.45, 7) is 0. The highest BCUT2D eigenvalue weighted by molar-refractivity contribution is 6.30. The van der Waals surface area contributed by atoms with Gasteiger partial charge in [-0.05, 0) is 29.8 Å². The molecule has 0 fully saturated rings. The summed E-state index contributed by atoms with van der Waals surface area (Å²) < 4.78 is 1.62. The zero-order chi connectivity index (χ0) is 16.1. The van der Waals surface area contributed by atoms with Crippen molar-refractivity contribution in [1.82, 2.24) is 25.1 Å². The summed E-state index contributed by atoms with van der Waals surface area (Å²) in [5.74, 6) is 0.752. The molecule has 0 spiro atoms. The maximum Gasteiger partial charge on any atom is 0.272 e. The van der Waals surface area contributed by atoms with Gasteiger partial charge >= 0.3 is 0 Å². The second-order valence-electron chi connectivity index (χ2n) is 4.46. The number of nitrogens with zero attached hydrogens (tertiary/aromatic N) is 5. The number of rotatable bonds is 5. The summed E-state index contributed by atoms with van der Waals surface area (Å²) >= 11 is 5.88. The van der Waals surface area contributed by atoms with E-state index in [4.69, 9.17) is 11.6 Å². The SMILES string of the molecule is CONC=Nc1nc2nccc(C=Cc3ccc(Cl)cc3)n2n1. The van der Waals surface area contributed by atoms with Crippen molar-refractivity contribution in [3.63, 3.8) is 0 Å². The van der Waals surface area contributed by atoms with Crippen LogP contribution >= 0.6 is 11.6 Å². The van der Waals surface area contributed by atoms with Crippen molar-refractivity contribution in [1.29, 1.82) is 0 Å². The number of hydrogen-bond donors (Lipinski definition) is 1. The van der Waals surface area contributed by atoms with Gasteiger partial charge in [-0.15, -0.1) is 5.10 Å². The maximum absolute atomic E-state index is 5.88. The quantitative estimate of drug-likeness (QED) is 0.443. The van der Waals surface area contributed by atoms with E-state index in [0.29, 0.717) is 10.8 Å². The van der Waals surface area contributed by atoms with Crippen LogP contribution in [0.3, 0.4) is 0 Å². The molecular weight excluding hydrogens is 316 g/mol. The van der Waals surface area contributed by atoms with Crippen LogP contribution in [0.2, 0.25) is 5.02 Å². The van der Waals surface area contributed by atoms with E-state index in [1.807, 2.05) is 42.5 Å². The Hall–Kier alpha value is -2.77. The Morgan fingerprint density at radius 3 is 2.83 bits per heavy atom. The molecule has 0 radical (unpaired) electrons. The predicted octanol–water partition coefficient (Wildman–Crippen LogP) is 2.76. The number of nitrogens with one attached hydrogen (secondary N) is 1. The smallest absolute Gasteiger partial charge is 0.272 e. The molecule has 116 valence electrons. The fourth-order valence-electron chi connectivity index (χ4n) is 1.87. The average molecular weight is 329 g/mol. The van der Waals surface area contributed by atoms with Crippen LogP contribution in [0, 0.1) is 0 Å². The van der Waals surface area contributed by atoms with Crippen molar-refractivity contribution in [2.45, 2.75) is 0 Å². The van der Waals surface area contributed by atoms with Gasteiger partial charge in [-0.1, -0.05) is 29.8 Å². The number of benzene rings is 1. The number of halogens is 1. The molecule has 3 aromatic rings. The summed E-state index contributed by atoms with van der Waals surface area (Å²) in [6.07, 6.45) is 6.92. The standard InChI is InChI=1S/C15H13ClN6O/c1-23-19-10-18-14-20-15-17-9-8-13(22(15)21-14)7-4-11-2-5-12(16)6-3-11/h2-10H,1H3,(H,18,19,21). The molecule has 2 aromatic heterocycles. The Morgan fingerprint density at radius 1 is 1.22 bits per heavy atom. The van der Waals surface area contributed by atoms with E-state index < -0.39 is 0 Å². The molecule has 2 heterocycles. The summed E-state index contributed by atoms with van der Waals surface area (Å²) in [5, 5.41) is 4.99. The minimum atomic E-state index is 0.286.